The van der Waals surface area contributed by atoms with Crippen LogP contribution in [0.3, 0.4) is 0 Å². The van der Waals surface area contributed by atoms with E-state index in [1.165, 1.54) is 0 Å². The molecule has 0 aromatic heterocycles. The van der Waals surface area contributed by atoms with Gasteiger partial charge in [-0.3, -0.25) is 4.79 Å². The summed E-state index contributed by atoms with van der Waals surface area (Å²) < 4.78 is 39.5. The van der Waals surface area contributed by atoms with Crippen molar-refractivity contribution in [3.63, 3.8) is 0 Å². The average molecular weight is 289 g/mol. The lowest BCUT2D eigenvalue weighted by atomic mass is 10.0. The fourth-order valence-corrected chi connectivity index (χ4v) is 1.68. The molecule has 1 amide bonds. The number of aliphatic carboxylic acids is 1. The Labute approximate surface area is 113 Å². The topological polar surface area (TPSA) is 66.4 Å². The summed E-state index contributed by atoms with van der Waals surface area (Å²) in [6.07, 6.45) is 0.103. The van der Waals surface area contributed by atoms with Crippen molar-refractivity contribution in [1.29, 1.82) is 0 Å². The Balaban J connectivity index is 2.98. The molecule has 0 heterocycles. The number of halogens is 3. The van der Waals surface area contributed by atoms with Gasteiger partial charge in [0.05, 0.1) is 0 Å². The van der Waals surface area contributed by atoms with Crippen molar-refractivity contribution in [1.82, 2.24) is 5.32 Å². The first kappa shape index (κ1) is 16.0. The van der Waals surface area contributed by atoms with Crippen LogP contribution in [0.2, 0.25) is 0 Å². The highest BCUT2D eigenvalue weighted by Gasteiger charge is 2.25. The number of nitrogens with one attached hydrogen (secondary N) is 1. The first-order chi connectivity index (χ1) is 9.22. The lowest BCUT2D eigenvalue weighted by Crippen LogP contribution is -2.42. The van der Waals surface area contributed by atoms with Crippen LogP contribution in [-0.2, 0) is 4.79 Å². The van der Waals surface area contributed by atoms with Crippen molar-refractivity contribution < 1.29 is 27.9 Å². The zero-order valence-electron chi connectivity index (χ0n) is 10.9. The Hall–Kier alpha value is -2.05. The molecule has 0 radical (unpaired) electrons. The SMILES string of the molecule is CC(C)C[C@@H](NC(=O)c1c(F)cc(F)cc1F)C(=O)O. The number of carbonyl (C=O) groups excluding carboxylic acids is 1. The van der Waals surface area contributed by atoms with E-state index >= 15 is 0 Å². The van der Waals surface area contributed by atoms with Gasteiger partial charge in [0.1, 0.15) is 29.1 Å². The fourth-order valence-electron chi connectivity index (χ4n) is 1.68. The van der Waals surface area contributed by atoms with Gasteiger partial charge in [-0.2, -0.15) is 0 Å². The van der Waals surface area contributed by atoms with Crippen LogP contribution in [0, 0.1) is 23.4 Å². The summed E-state index contributed by atoms with van der Waals surface area (Å²) >= 11 is 0. The molecule has 1 aromatic carbocycles. The smallest absolute Gasteiger partial charge is 0.326 e. The minimum Gasteiger partial charge on any atom is -0.480 e. The molecule has 1 aromatic rings. The molecule has 20 heavy (non-hydrogen) atoms. The zero-order valence-corrected chi connectivity index (χ0v) is 10.9. The highest BCUT2D eigenvalue weighted by Crippen LogP contribution is 2.15. The second-order valence-electron chi connectivity index (χ2n) is 4.74. The van der Waals surface area contributed by atoms with Crippen LogP contribution >= 0.6 is 0 Å². The molecule has 2 N–H and O–H groups in total. The zero-order chi connectivity index (χ0) is 15.4. The van der Waals surface area contributed by atoms with Crippen LogP contribution in [0.15, 0.2) is 12.1 Å². The number of hydrogen-bond acceptors (Lipinski definition) is 2. The Kier molecular flexibility index (Phi) is 5.12. The van der Waals surface area contributed by atoms with E-state index in [1.807, 2.05) is 5.32 Å². The first-order valence-electron chi connectivity index (χ1n) is 5.90. The summed E-state index contributed by atoms with van der Waals surface area (Å²) in [5.74, 6) is -6.50. The van der Waals surface area contributed by atoms with E-state index in [0.29, 0.717) is 12.1 Å². The minimum absolute atomic E-state index is 0.0423. The number of carboxylic acid groups (broad SMARTS) is 1. The van der Waals surface area contributed by atoms with Gasteiger partial charge < -0.3 is 10.4 Å². The summed E-state index contributed by atoms with van der Waals surface area (Å²) in [6.45, 7) is 3.47. The van der Waals surface area contributed by atoms with Gasteiger partial charge in [-0.1, -0.05) is 13.8 Å². The third-order valence-corrected chi connectivity index (χ3v) is 2.54. The first-order valence-corrected chi connectivity index (χ1v) is 5.90. The third kappa shape index (κ3) is 3.97. The molecule has 4 nitrogen and oxygen atoms in total. The van der Waals surface area contributed by atoms with E-state index in [9.17, 15) is 22.8 Å². The number of carboxylic acids is 1. The quantitative estimate of drug-likeness (QED) is 0.874. The monoisotopic (exact) mass is 289 g/mol. The summed E-state index contributed by atoms with van der Waals surface area (Å²) in [7, 11) is 0. The fraction of sp³-hybridized carbons (Fsp3) is 0.385. The molecular weight excluding hydrogens is 275 g/mol. The van der Waals surface area contributed by atoms with Gasteiger partial charge in [-0.25, -0.2) is 18.0 Å². The summed E-state index contributed by atoms with van der Waals surface area (Å²) in [4.78, 5) is 22.7. The van der Waals surface area contributed by atoms with Crippen molar-refractivity contribution in [2.24, 2.45) is 5.92 Å². The van der Waals surface area contributed by atoms with Gasteiger partial charge in [-0.05, 0) is 12.3 Å². The predicted molar refractivity (Wildman–Crippen MR) is 64.7 cm³/mol. The lowest BCUT2D eigenvalue weighted by Gasteiger charge is -2.16. The molecule has 0 aliphatic rings. The average Bonchev–Trinajstić information content (AvgIpc) is 2.25. The van der Waals surface area contributed by atoms with Crippen LogP contribution in [0.25, 0.3) is 0 Å². The van der Waals surface area contributed by atoms with Gasteiger partial charge in [0.15, 0.2) is 0 Å². The Bertz CT molecular complexity index is 509. The second-order valence-corrected chi connectivity index (χ2v) is 4.74. The molecule has 0 fully saturated rings. The third-order valence-electron chi connectivity index (χ3n) is 2.54. The molecule has 0 saturated carbocycles. The largest absolute Gasteiger partial charge is 0.480 e. The highest BCUT2D eigenvalue weighted by atomic mass is 19.1. The maximum Gasteiger partial charge on any atom is 0.326 e. The van der Waals surface area contributed by atoms with Crippen molar-refractivity contribution in [2.45, 2.75) is 26.3 Å². The van der Waals surface area contributed by atoms with E-state index in [-0.39, 0.29) is 12.3 Å². The second kappa shape index (κ2) is 6.40. The molecule has 1 atom stereocenters. The Morgan fingerprint density at radius 3 is 2.10 bits per heavy atom. The van der Waals surface area contributed by atoms with Crippen LogP contribution < -0.4 is 5.32 Å². The van der Waals surface area contributed by atoms with Gasteiger partial charge in [0.2, 0.25) is 0 Å². The van der Waals surface area contributed by atoms with Crippen LogP contribution in [0.1, 0.15) is 30.6 Å². The molecule has 0 aliphatic heterocycles. The number of rotatable bonds is 5. The summed E-state index contributed by atoms with van der Waals surface area (Å²) in [5, 5.41) is 11.0. The van der Waals surface area contributed by atoms with E-state index < -0.39 is 40.9 Å². The van der Waals surface area contributed by atoms with E-state index in [1.54, 1.807) is 13.8 Å². The van der Waals surface area contributed by atoms with Gasteiger partial charge in [0.25, 0.3) is 5.91 Å². The number of benzene rings is 1. The molecule has 110 valence electrons. The van der Waals surface area contributed by atoms with Gasteiger partial charge in [0, 0.05) is 12.1 Å². The molecule has 0 spiro atoms. The van der Waals surface area contributed by atoms with Crippen LogP contribution in [0.4, 0.5) is 13.2 Å². The molecule has 0 unspecified atom stereocenters. The minimum atomic E-state index is -1.38. The molecule has 7 heteroatoms. The normalized spacial score (nSPS) is 12.3. The Morgan fingerprint density at radius 1 is 1.20 bits per heavy atom. The molecular formula is C13H14F3NO3. The summed E-state index contributed by atoms with van der Waals surface area (Å²) in [5.41, 5.74) is -0.999. The van der Waals surface area contributed by atoms with E-state index in [2.05, 4.69) is 0 Å². The highest BCUT2D eigenvalue weighted by molar-refractivity contribution is 5.97. The maximum absolute atomic E-state index is 13.4. The molecule has 0 saturated heterocycles. The molecule has 0 aliphatic carbocycles. The van der Waals surface area contributed by atoms with E-state index in [4.69, 9.17) is 5.11 Å². The van der Waals surface area contributed by atoms with Crippen molar-refractivity contribution in [3.8, 4) is 0 Å². The Morgan fingerprint density at radius 2 is 1.70 bits per heavy atom. The van der Waals surface area contributed by atoms with Crippen LogP contribution in [0.5, 0.6) is 0 Å². The molecule has 0 bridgehead atoms. The van der Waals surface area contributed by atoms with Crippen LogP contribution in [-0.4, -0.2) is 23.0 Å². The standard InChI is InChI=1S/C13H14F3NO3/c1-6(2)3-10(13(19)20)17-12(18)11-8(15)4-7(14)5-9(11)16/h4-6,10H,3H2,1-2H3,(H,17,18)(H,19,20)/t10-/m1/s1. The number of amides is 1. The van der Waals surface area contributed by atoms with Crippen molar-refractivity contribution in [3.05, 3.63) is 35.1 Å². The van der Waals surface area contributed by atoms with Crippen molar-refractivity contribution >= 4 is 11.9 Å². The summed E-state index contributed by atoms with van der Waals surface area (Å²) in [6, 6.07) is -0.557. The number of hydrogen-bond donors (Lipinski definition) is 2. The maximum atomic E-state index is 13.4. The lowest BCUT2D eigenvalue weighted by molar-refractivity contribution is -0.139. The van der Waals surface area contributed by atoms with Gasteiger partial charge in [-0.15, -0.1) is 0 Å². The van der Waals surface area contributed by atoms with E-state index in [0.717, 1.165) is 0 Å². The predicted octanol–water partition coefficient (Wildman–Crippen LogP) is 2.33. The number of carbonyl (C=O) groups is 2. The molecule has 1 rings (SSSR count). The van der Waals surface area contributed by atoms with Crippen molar-refractivity contribution in [2.75, 3.05) is 0 Å². The van der Waals surface area contributed by atoms with Gasteiger partial charge >= 0.3 is 5.97 Å².